The monoisotopic (exact) mass is 554 g/mol. The molecule has 39 heavy (non-hydrogen) atoms. The lowest BCUT2D eigenvalue weighted by molar-refractivity contribution is -0.121. The van der Waals surface area contributed by atoms with Gasteiger partial charge in [0.25, 0.3) is 0 Å². The summed E-state index contributed by atoms with van der Waals surface area (Å²) in [7, 11) is 0. The molecule has 0 aromatic rings. The Morgan fingerprint density at radius 1 is 0.462 bits per heavy atom. The highest BCUT2D eigenvalue weighted by Crippen LogP contribution is 2.15. The van der Waals surface area contributed by atoms with Gasteiger partial charge in [-0.15, -0.1) is 0 Å². The van der Waals surface area contributed by atoms with Crippen LogP contribution < -0.4 is 5.32 Å². The van der Waals surface area contributed by atoms with Crippen LogP contribution in [-0.4, -0.2) is 34.9 Å². The van der Waals surface area contributed by atoms with E-state index in [4.69, 9.17) is 0 Å². The lowest BCUT2D eigenvalue weighted by Gasteiger charge is -2.18. The zero-order chi connectivity index (χ0) is 28.7. The summed E-state index contributed by atoms with van der Waals surface area (Å²) in [6, 6.07) is 0. The van der Waals surface area contributed by atoms with E-state index < -0.39 is 12.2 Å². The van der Waals surface area contributed by atoms with Crippen LogP contribution in [0.1, 0.15) is 200 Å². The van der Waals surface area contributed by atoms with Crippen molar-refractivity contribution in [1.29, 1.82) is 0 Å². The van der Waals surface area contributed by atoms with E-state index in [1.54, 1.807) is 0 Å². The van der Waals surface area contributed by atoms with E-state index in [9.17, 15) is 15.0 Å². The van der Waals surface area contributed by atoms with Gasteiger partial charge in [0.2, 0.25) is 5.91 Å². The van der Waals surface area contributed by atoms with Crippen LogP contribution in [0.2, 0.25) is 0 Å². The number of carbonyl (C=O) groups excluding carboxylic acids is 1. The summed E-state index contributed by atoms with van der Waals surface area (Å²) in [4.78, 5) is 12.0. The molecule has 0 saturated carbocycles. The number of carbonyl (C=O) groups is 1. The first-order valence-corrected chi connectivity index (χ1v) is 17.7. The number of hydrogen-bond acceptors (Lipinski definition) is 3. The molecule has 0 rings (SSSR count). The van der Waals surface area contributed by atoms with Gasteiger partial charge in [-0.2, -0.15) is 0 Å². The Balaban J connectivity index is 3.28. The molecule has 0 aliphatic carbocycles. The standard InChI is InChI=1S/C35H71NO3/c1-3-5-7-9-10-11-12-13-14-15-16-17-18-19-20-21-22-23-24-26-28-30-35(39)36-32-31-34(38)33(37)29-27-25-8-6-4-2/h33-34,37-38H,3-32H2,1-2H3,(H,36,39). The van der Waals surface area contributed by atoms with Crippen LogP contribution in [0.25, 0.3) is 0 Å². The zero-order valence-corrected chi connectivity index (χ0v) is 26.7. The summed E-state index contributed by atoms with van der Waals surface area (Å²) in [5, 5.41) is 23.1. The largest absolute Gasteiger partial charge is 0.390 e. The topological polar surface area (TPSA) is 69.6 Å². The van der Waals surface area contributed by atoms with Crippen molar-refractivity contribution in [2.75, 3.05) is 6.54 Å². The SMILES string of the molecule is CCCCCCCCCCCCCCCCCCCCCCCC(=O)NCCC(O)C(O)CCCCCCC. The van der Waals surface area contributed by atoms with Crippen molar-refractivity contribution < 1.29 is 15.0 Å². The third-order valence-electron chi connectivity index (χ3n) is 8.32. The van der Waals surface area contributed by atoms with E-state index >= 15 is 0 Å². The minimum absolute atomic E-state index is 0.0778. The number of aliphatic hydroxyl groups is 2. The second-order valence-corrected chi connectivity index (χ2v) is 12.3. The van der Waals surface area contributed by atoms with E-state index in [0.717, 1.165) is 25.7 Å². The Labute approximate surface area is 244 Å². The van der Waals surface area contributed by atoms with Gasteiger partial charge in [0.15, 0.2) is 0 Å². The molecule has 234 valence electrons. The van der Waals surface area contributed by atoms with Crippen molar-refractivity contribution >= 4 is 5.91 Å². The molecule has 4 heteroatoms. The van der Waals surface area contributed by atoms with E-state index in [1.807, 2.05) is 0 Å². The summed E-state index contributed by atoms with van der Waals surface area (Å²) in [5.41, 5.74) is 0. The maximum atomic E-state index is 12.0. The Morgan fingerprint density at radius 3 is 1.15 bits per heavy atom. The first kappa shape index (κ1) is 38.4. The highest BCUT2D eigenvalue weighted by Gasteiger charge is 2.15. The third kappa shape index (κ3) is 30.2. The number of rotatable bonds is 32. The Bertz CT molecular complexity index is 485. The van der Waals surface area contributed by atoms with E-state index in [-0.39, 0.29) is 5.91 Å². The average molecular weight is 554 g/mol. The molecule has 0 spiro atoms. The van der Waals surface area contributed by atoms with Crippen molar-refractivity contribution in [2.24, 2.45) is 0 Å². The number of nitrogens with one attached hydrogen (secondary N) is 1. The van der Waals surface area contributed by atoms with E-state index in [2.05, 4.69) is 19.2 Å². The maximum Gasteiger partial charge on any atom is 0.219 e. The second kappa shape index (κ2) is 31.9. The fourth-order valence-electron chi connectivity index (χ4n) is 5.51. The van der Waals surface area contributed by atoms with Gasteiger partial charge in [0.1, 0.15) is 0 Å². The van der Waals surface area contributed by atoms with Gasteiger partial charge < -0.3 is 15.5 Å². The highest BCUT2D eigenvalue weighted by atomic mass is 16.3. The van der Waals surface area contributed by atoms with Crippen molar-refractivity contribution in [3.8, 4) is 0 Å². The Kier molecular flexibility index (Phi) is 31.4. The van der Waals surface area contributed by atoms with Crippen LogP contribution in [0.5, 0.6) is 0 Å². The Morgan fingerprint density at radius 2 is 0.769 bits per heavy atom. The van der Waals surface area contributed by atoms with Crippen molar-refractivity contribution in [3.05, 3.63) is 0 Å². The van der Waals surface area contributed by atoms with Gasteiger partial charge in [-0.3, -0.25) is 4.79 Å². The average Bonchev–Trinajstić information content (AvgIpc) is 2.93. The number of amides is 1. The van der Waals surface area contributed by atoms with Gasteiger partial charge in [0, 0.05) is 13.0 Å². The smallest absolute Gasteiger partial charge is 0.219 e. The quantitative estimate of drug-likeness (QED) is 0.0726. The molecule has 4 nitrogen and oxygen atoms in total. The lowest BCUT2D eigenvalue weighted by Crippen LogP contribution is -2.32. The molecule has 0 radical (unpaired) electrons. The van der Waals surface area contributed by atoms with Gasteiger partial charge in [-0.05, 0) is 19.3 Å². The van der Waals surface area contributed by atoms with Crippen LogP contribution in [0.4, 0.5) is 0 Å². The molecule has 0 saturated heterocycles. The zero-order valence-electron chi connectivity index (χ0n) is 26.7. The number of aliphatic hydroxyl groups excluding tert-OH is 2. The maximum absolute atomic E-state index is 12.0. The molecule has 0 aliphatic rings. The first-order chi connectivity index (χ1) is 19.1. The molecule has 1 amide bonds. The third-order valence-corrected chi connectivity index (χ3v) is 8.32. The summed E-state index contributed by atoms with van der Waals surface area (Å²) in [5.74, 6) is 0.0778. The molecule has 0 bridgehead atoms. The van der Waals surface area contributed by atoms with Crippen LogP contribution in [0, 0.1) is 0 Å². The summed E-state index contributed by atoms with van der Waals surface area (Å²) >= 11 is 0. The van der Waals surface area contributed by atoms with E-state index in [1.165, 1.54) is 141 Å². The molecular weight excluding hydrogens is 482 g/mol. The van der Waals surface area contributed by atoms with Crippen molar-refractivity contribution in [3.63, 3.8) is 0 Å². The van der Waals surface area contributed by atoms with Crippen molar-refractivity contribution in [2.45, 2.75) is 212 Å². The molecule has 2 atom stereocenters. The Hall–Kier alpha value is -0.610. The van der Waals surface area contributed by atoms with E-state index in [0.29, 0.717) is 25.8 Å². The molecule has 0 aliphatic heterocycles. The predicted octanol–water partition coefficient (Wildman–Crippen LogP) is 10.2. The predicted molar refractivity (Wildman–Crippen MR) is 170 cm³/mol. The number of unbranched alkanes of at least 4 members (excludes halogenated alkanes) is 24. The van der Waals surface area contributed by atoms with Gasteiger partial charge in [-0.25, -0.2) is 0 Å². The molecule has 0 fully saturated rings. The molecule has 3 N–H and O–H groups in total. The van der Waals surface area contributed by atoms with Crippen molar-refractivity contribution in [1.82, 2.24) is 5.32 Å². The van der Waals surface area contributed by atoms with Crippen LogP contribution >= 0.6 is 0 Å². The number of hydrogen-bond donors (Lipinski definition) is 3. The first-order valence-electron chi connectivity index (χ1n) is 17.7. The summed E-state index contributed by atoms with van der Waals surface area (Å²) < 4.78 is 0. The van der Waals surface area contributed by atoms with Gasteiger partial charge in [0.05, 0.1) is 12.2 Å². The van der Waals surface area contributed by atoms with Gasteiger partial charge in [-0.1, -0.05) is 174 Å². The molecule has 0 heterocycles. The minimum Gasteiger partial charge on any atom is -0.390 e. The minimum atomic E-state index is -0.735. The summed E-state index contributed by atoms with van der Waals surface area (Å²) in [6.07, 6.45) is 34.8. The molecular formula is C35H71NO3. The highest BCUT2D eigenvalue weighted by molar-refractivity contribution is 5.75. The van der Waals surface area contributed by atoms with Crippen LogP contribution in [0.15, 0.2) is 0 Å². The fraction of sp³-hybridized carbons (Fsp3) is 0.971. The lowest BCUT2D eigenvalue weighted by atomic mass is 10.0. The van der Waals surface area contributed by atoms with Crippen LogP contribution in [-0.2, 0) is 4.79 Å². The normalized spacial score (nSPS) is 13.0. The van der Waals surface area contributed by atoms with Crippen LogP contribution in [0.3, 0.4) is 0 Å². The molecule has 2 unspecified atom stereocenters. The second-order valence-electron chi connectivity index (χ2n) is 12.3. The van der Waals surface area contributed by atoms with Gasteiger partial charge >= 0.3 is 0 Å². The summed E-state index contributed by atoms with van der Waals surface area (Å²) in [6.45, 7) is 4.93. The fourth-order valence-corrected chi connectivity index (χ4v) is 5.51. The molecule has 0 aromatic carbocycles. The molecule has 0 aromatic heterocycles.